The number of rotatable bonds is 15. The van der Waals surface area contributed by atoms with Gasteiger partial charge in [0.05, 0.1) is 13.6 Å². The van der Waals surface area contributed by atoms with E-state index in [1.165, 1.54) is 45.2 Å². The zero-order valence-corrected chi connectivity index (χ0v) is 42.6. The number of aliphatic hydroxyl groups excluding tert-OH is 1. The number of carbonyl (C=O) groups is 1. The minimum atomic E-state index is -1.86. The number of nitrogens with zero attached hydrogens (tertiary/aromatic N) is 2. The van der Waals surface area contributed by atoms with Gasteiger partial charge in [0.25, 0.3) is 0 Å². The molecule has 0 saturated carbocycles. The maximum absolute atomic E-state index is 12.2. The largest absolute Gasteiger partial charge is 0.512 e. The van der Waals surface area contributed by atoms with Gasteiger partial charge in [0.15, 0.2) is 5.78 Å². The number of fused-ring (bicyclic) bond motifs is 4. The number of hydrogen-bond acceptors (Lipinski definition) is 5. The second-order valence-electron chi connectivity index (χ2n) is 19.5. The van der Waals surface area contributed by atoms with Crippen molar-refractivity contribution in [2.24, 2.45) is 28.6 Å². The van der Waals surface area contributed by atoms with Crippen molar-refractivity contribution in [3.63, 3.8) is 0 Å². The van der Waals surface area contributed by atoms with Crippen LogP contribution in [0.15, 0.2) is 66.7 Å². The van der Waals surface area contributed by atoms with Gasteiger partial charge in [0, 0.05) is 57.5 Å². The molecule has 0 fully saturated rings. The third-order valence-corrected chi connectivity index (χ3v) is 20.4. The van der Waals surface area contributed by atoms with Crippen molar-refractivity contribution in [1.82, 2.24) is 9.97 Å². The smallest absolute Gasteiger partial charge is 0.164 e. The Balaban J connectivity index is 0.000000439. The second kappa shape index (κ2) is 20.2. The average molecular weight is 1000 g/mol. The predicted molar refractivity (Wildman–Crippen MR) is 253 cm³/mol. The molecule has 3 aromatic carbocycles. The molecule has 0 unspecified atom stereocenters. The molecule has 319 valence electrons. The summed E-state index contributed by atoms with van der Waals surface area (Å²) in [5.74, 6) is 2.25. The van der Waals surface area contributed by atoms with E-state index < -0.39 is 8.07 Å². The second-order valence-corrected chi connectivity index (χ2v) is 24.9. The quantitative estimate of drug-likeness (QED) is 0.0491. The van der Waals surface area contributed by atoms with E-state index >= 15 is 0 Å². The van der Waals surface area contributed by atoms with E-state index in [-0.39, 0.29) is 54.2 Å². The molecular formula is C51H73IrN2O2SSi-. The first-order valence-corrected chi connectivity index (χ1v) is 25.1. The first-order valence-electron chi connectivity index (χ1n) is 22.2. The van der Waals surface area contributed by atoms with Crippen molar-refractivity contribution in [1.29, 1.82) is 0 Å². The van der Waals surface area contributed by atoms with Crippen LogP contribution in [-0.2, 0) is 30.3 Å². The average Bonchev–Trinajstić information content (AvgIpc) is 3.53. The molecular weight excluding hydrogens is 925 g/mol. The number of allylic oxidation sites excluding steroid dienone is 2. The molecule has 0 atom stereocenters. The van der Waals surface area contributed by atoms with Crippen molar-refractivity contribution in [2.45, 2.75) is 153 Å². The Morgan fingerprint density at radius 1 is 0.793 bits per heavy atom. The van der Waals surface area contributed by atoms with Crippen molar-refractivity contribution in [2.75, 3.05) is 0 Å². The van der Waals surface area contributed by atoms with E-state index in [0.29, 0.717) is 17.8 Å². The van der Waals surface area contributed by atoms with Gasteiger partial charge in [0.1, 0.15) is 13.4 Å². The van der Waals surface area contributed by atoms with Crippen molar-refractivity contribution in [3.05, 3.63) is 78.3 Å². The molecule has 5 rings (SSSR count). The van der Waals surface area contributed by atoms with Crippen LogP contribution >= 0.6 is 11.3 Å². The third kappa shape index (κ3) is 11.0. The summed E-state index contributed by atoms with van der Waals surface area (Å²) < 4.78 is 11.1. The van der Waals surface area contributed by atoms with Gasteiger partial charge in [-0.15, -0.1) is 40.5 Å². The molecule has 0 bridgehead atoms. The van der Waals surface area contributed by atoms with Gasteiger partial charge in [-0.3, -0.25) is 9.78 Å². The van der Waals surface area contributed by atoms with E-state index in [1.807, 2.05) is 52.9 Å². The van der Waals surface area contributed by atoms with E-state index in [2.05, 4.69) is 117 Å². The molecule has 0 spiro atoms. The van der Waals surface area contributed by atoms with E-state index in [0.717, 1.165) is 52.5 Å². The molecule has 0 aliphatic carbocycles. The minimum absolute atomic E-state index is 0. The zero-order chi connectivity index (χ0) is 43.4. The van der Waals surface area contributed by atoms with Crippen LogP contribution in [0.2, 0.25) is 18.1 Å². The number of ketones is 1. The summed E-state index contributed by atoms with van der Waals surface area (Å²) in [6.07, 6.45) is 4.83. The summed E-state index contributed by atoms with van der Waals surface area (Å²) in [4.78, 5) is 21.7. The van der Waals surface area contributed by atoms with Gasteiger partial charge in [-0.1, -0.05) is 169 Å². The summed E-state index contributed by atoms with van der Waals surface area (Å²) >= 11 is 1.85. The van der Waals surface area contributed by atoms with Gasteiger partial charge in [-0.25, -0.2) is 4.98 Å². The number of carbonyl (C=O) groups excluding carboxylic acids is 1. The maximum Gasteiger partial charge on any atom is 0.164 e. The Morgan fingerprint density at radius 3 is 1.84 bits per heavy atom. The summed E-state index contributed by atoms with van der Waals surface area (Å²) in [5, 5.41) is 15.2. The van der Waals surface area contributed by atoms with Crippen LogP contribution in [0.1, 0.15) is 136 Å². The van der Waals surface area contributed by atoms with Crippen LogP contribution in [0.3, 0.4) is 0 Å². The van der Waals surface area contributed by atoms with E-state index in [4.69, 9.17) is 11.3 Å². The van der Waals surface area contributed by atoms with Gasteiger partial charge in [0.2, 0.25) is 0 Å². The molecule has 0 aliphatic heterocycles. The fraction of sp³-hybridized carbons (Fsp3) is 0.549. The summed E-state index contributed by atoms with van der Waals surface area (Å²) in [6.45, 7) is 33.2. The predicted octanol–water partition coefficient (Wildman–Crippen LogP) is 15.0. The molecule has 1 N–H and O–H groups in total. The number of aliphatic hydroxyl groups is 1. The standard InChI is InChI=1S/C36H45N2SSi.C15H28O2.Ir/c1-23(2)19-40(20-24(3)4,21-25(5)6)31-16-12-15-29-33-35(39-34(29)31)32(37-22-38-33)27-17-26-13-10-11-14-28(26)30(18-27)36(7,8)9;1-7-14(5,8-2)12(16)11-13(17)15(6,9-3)10-4;/h10-16,18,22-25H,19-21H2,1-9H3;11,16H,7-10H2,1-6H3;/q-1;;/b;12-11-;/i22D;;. The zero-order valence-electron chi connectivity index (χ0n) is 39.4. The number of hydrogen-bond donors (Lipinski definition) is 1. The van der Waals surface area contributed by atoms with Gasteiger partial charge >= 0.3 is 0 Å². The van der Waals surface area contributed by atoms with Gasteiger partial charge < -0.3 is 5.11 Å². The van der Waals surface area contributed by atoms with Crippen LogP contribution in [0, 0.1) is 34.7 Å². The Hall–Kier alpha value is -2.70. The Bertz CT molecular complexity index is 2200. The van der Waals surface area contributed by atoms with Crippen LogP contribution < -0.4 is 5.19 Å². The molecule has 2 aromatic heterocycles. The first kappa shape index (κ1) is 48.0. The SMILES string of the molecule is CCC(C)(CC)C(=O)/C=C(\O)C(C)(CC)CC.[2H]c1nc(-c2[c-]c3ccccc3c(C(C)(C)C)c2)c2sc3c([Si](CC(C)C)(CC(C)C)CC(C)C)cccc3c2n1.[Ir]. The third-order valence-electron chi connectivity index (χ3n) is 12.6. The molecule has 0 saturated heterocycles. The molecule has 2 heterocycles. The van der Waals surface area contributed by atoms with Crippen LogP contribution in [-0.4, -0.2) is 28.9 Å². The monoisotopic (exact) mass is 999 g/mol. The Morgan fingerprint density at radius 2 is 1.33 bits per heavy atom. The van der Waals surface area contributed by atoms with Crippen LogP contribution in [0.4, 0.5) is 0 Å². The van der Waals surface area contributed by atoms with Crippen molar-refractivity contribution in [3.8, 4) is 11.3 Å². The first-order chi connectivity index (χ1) is 27.1. The molecule has 58 heavy (non-hydrogen) atoms. The normalized spacial score (nSPS) is 13.3. The maximum atomic E-state index is 12.2. The summed E-state index contributed by atoms with van der Waals surface area (Å²) in [7, 11) is -1.86. The molecule has 7 heteroatoms. The van der Waals surface area contributed by atoms with Crippen LogP contribution in [0.25, 0.3) is 42.3 Å². The number of aromatic nitrogens is 2. The molecule has 4 nitrogen and oxygen atoms in total. The molecule has 1 radical (unpaired) electrons. The van der Waals surface area contributed by atoms with E-state index in [1.54, 1.807) is 5.19 Å². The van der Waals surface area contributed by atoms with Gasteiger partial charge in [-0.05, 0) is 54.0 Å². The fourth-order valence-corrected chi connectivity index (χ4v) is 17.6. The Labute approximate surface area is 371 Å². The van der Waals surface area contributed by atoms with E-state index in [9.17, 15) is 9.90 Å². The molecule has 5 aromatic rings. The van der Waals surface area contributed by atoms with Gasteiger partial charge in [-0.2, -0.15) is 0 Å². The van der Waals surface area contributed by atoms with Crippen LogP contribution in [0.5, 0.6) is 0 Å². The van der Waals surface area contributed by atoms with Crippen molar-refractivity contribution < 1.29 is 31.4 Å². The molecule has 0 amide bonds. The Kier molecular flexibility index (Phi) is 16.7. The summed E-state index contributed by atoms with van der Waals surface area (Å²) in [6, 6.07) is 25.2. The topological polar surface area (TPSA) is 63.1 Å². The minimum Gasteiger partial charge on any atom is -0.512 e. The fourth-order valence-electron chi connectivity index (χ4n) is 8.74. The number of benzene rings is 3. The van der Waals surface area contributed by atoms with Crippen molar-refractivity contribution >= 4 is 61.5 Å². The number of thiophene rings is 1. The summed E-state index contributed by atoms with van der Waals surface area (Å²) in [5.41, 5.74) is 3.35. The molecule has 0 aliphatic rings.